The van der Waals surface area contributed by atoms with E-state index >= 15 is 0 Å². The van der Waals surface area contributed by atoms with Crippen molar-refractivity contribution < 1.29 is 9.59 Å². The molecule has 6 nitrogen and oxygen atoms in total. The molecule has 0 saturated carbocycles. The Hall–Kier alpha value is -2.15. The van der Waals surface area contributed by atoms with E-state index < -0.39 is 6.04 Å². The zero-order valence-electron chi connectivity index (χ0n) is 14.8. The number of nitrogens with zero attached hydrogens (tertiary/aromatic N) is 2. The van der Waals surface area contributed by atoms with E-state index in [1.807, 2.05) is 18.2 Å². The number of carbonyl (C=O) groups excluding carboxylic acids is 2. The topological polar surface area (TPSA) is 88.3 Å². The molecule has 1 aromatic heterocycles. The number of aromatic nitrogens is 1. The highest BCUT2D eigenvalue weighted by atomic mass is 35.5. The summed E-state index contributed by atoms with van der Waals surface area (Å²) in [6.07, 6.45) is 4.59. The molecule has 1 fully saturated rings. The van der Waals surface area contributed by atoms with E-state index in [0.29, 0.717) is 25.1 Å². The number of halogens is 2. The smallest absolute Gasteiger partial charge is 0.251 e. The van der Waals surface area contributed by atoms with Crippen LogP contribution in [-0.4, -0.2) is 46.9 Å². The third-order valence-corrected chi connectivity index (χ3v) is 4.34. The number of pyridine rings is 1. The highest BCUT2D eigenvalue weighted by Gasteiger charge is 2.30. The second-order valence-electron chi connectivity index (χ2n) is 6.29. The van der Waals surface area contributed by atoms with Gasteiger partial charge in [-0.1, -0.05) is 24.3 Å². The van der Waals surface area contributed by atoms with E-state index in [9.17, 15) is 9.59 Å². The van der Waals surface area contributed by atoms with Crippen LogP contribution in [0.2, 0.25) is 0 Å². The van der Waals surface area contributed by atoms with Crippen molar-refractivity contribution in [1.82, 2.24) is 15.2 Å². The van der Waals surface area contributed by atoms with Gasteiger partial charge in [0.1, 0.15) is 6.04 Å². The third-order valence-electron chi connectivity index (χ3n) is 4.34. The minimum absolute atomic E-state index is 0. The molecule has 1 unspecified atom stereocenters. The lowest BCUT2D eigenvalue weighted by atomic mass is 10.1. The fraction of sp³-hybridized carbons (Fsp3) is 0.316. The summed E-state index contributed by atoms with van der Waals surface area (Å²) in [5.41, 5.74) is 7.35. The van der Waals surface area contributed by atoms with Gasteiger partial charge in [0.05, 0.1) is 0 Å². The zero-order chi connectivity index (χ0) is 17.6. The van der Waals surface area contributed by atoms with Crippen molar-refractivity contribution in [2.45, 2.75) is 24.9 Å². The van der Waals surface area contributed by atoms with Gasteiger partial charge in [-0.3, -0.25) is 14.6 Å². The summed E-state index contributed by atoms with van der Waals surface area (Å²) in [6.45, 7) is 1.16. The largest absolute Gasteiger partial charge is 0.340 e. The first-order chi connectivity index (χ1) is 12.1. The first-order valence-corrected chi connectivity index (χ1v) is 8.42. The van der Waals surface area contributed by atoms with Gasteiger partial charge in [-0.2, -0.15) is 0 Å². The van der Waals surface area contributed by atoms with E-state index in [1.54, 1.807) is 41.6 Å². The van der Waals surface area contributed by atoms with Crippen molar-refractivity contribution in [2.75, 3.05) is 13.1 Å². The van der Waals surface area contributed by atoms with Gasteiger partial charge < -0.3 is 16.0 Å². The predicted octanol–water partition coefficient (Wildman–Crippen LogP) is 1.83. The van der Waals surface area contributed by atoms with Gasteiger partial charge in [-0.25, -0.2) is 0 Å². The maximum absolute atomic E-state index is 12.9. The van der Waals surface area contributed by atoms with E-state index in [2.05, 4.69) is 10.3 Å². The Labute approximate surface area is 171 Å². The van der Waals surface area contributed by atoms with Gasteiger partial charge >= 0.3 is 0 Å². The third kappa shape index (κ3) is 6.20. The standard InChI is InChI=1S/C19H22N4O2.2ClH/c20-16-8-10-23(13-16)19(25)17(11-14-5-4-9-21-12-14)22-18(24)15-6-2-1-3-7-15;;/h1-7,9,12,16-17H,8,10-11,13,20H2,(H,22,24);2*1H/t16-,17?;;/m1../s1. The molecule has 27 heavy (non-hydrogen) atoms. The maximum Gasteiger partial charge on any atom is 0.251 e. The van der Waals surface area contributed by atoms with E-state index in [0.717, 1.165) is 12.0 Å². The molecule has 2 amide bonds. The Morgan fingerprint density at radius 2 is 1.93 bits per heavy atom. The summed E-state index contributed by atoms with van der Waals surface area (Å²) in [4.78, 5) is 31.2. The Bertz CT molecular complexity index is 731. The van der Waals surface area contributed by atoms with Crippen LogP contribution >= 0.6 is 24.8 Å². The SMILES string of the molecule is Cl.Cl.N[C@@H]1CCN(C(=O)C(Cc2cccnc2)NC(=O)c2ccccc2)C1. The number of nitrogens with one attached hydrogen (secondary N) is 1. The first kappa shape index (κ1) is 22.9. The molecule has 0 aliphatic carbocycles. The Morgan fingerprint density at radius 1 is 1.19 bits per heavy atom. The minimum Gasteiger partial charge on any atom is -0.340 e. The zero-order valence-corrected chi connectivity index (χ0v) is 16.4. The van der Waals surface area contributed by atoms with Gasteiger partial charge in [-0.15, -0.1) is 24.8 Å². The highest BCUT2D eigenvalue weighted by molar-refractivity contribution is 5.97. The summed E-state index contributed by atoms with van der Waals surface area (Å²) >= 11 is 0. The molecule has 146 valence electrons. The second-order valence-corrected chi connectivity index (χ2v) is 6.29. The van der Waals surface area contributed by atoms with E-state index in [4.69, 9.17) is 5.73 Å². The number of hydrogen-bond donors (Lipinski definition) is 2. The van der Waals surface area contributed by atoms with Crippen molar-refractivity contribution >= 4 is 36.6 Å². The van der Waals surface area contributed by atoms with Crippen molar-refractivity contribution in [3.05, 3.63) is 66.0 Å². The van der Waals surface area contributed by atoms with Crippen LogP contribution in [0.3, 0.4) is 0 Å². The molecular weight excluding hydrogens is 387 g/mol. The molecular formula is C19H24Cl2N4O2. The fourth-order valence-corrected chi connectivity index (χ4v) is 2.99. The summed E-state index contributed by atoms with van der Waals surface area (Å²) in [5.74, 6) is -0.354. The number of carbonyl (C=O) groups is 2. The number of rotatable bonds is 5. The van der Waals surface area contributed by atoms with Crippen LogP contribution in [0.4, 0.5) is 0 Å². The van der Waals surface area contributed by atoms with E-state index in [1.165, 1.54) is 0 Å². The molecule has 1 aliphatic heterocycles. The molecule has 3 rings (SSSR count). The van der Waals surface area contributed by atoms with Crippen LogP contribution in [0, 0.1) is 0 Å². The molecule has 0 radical (unpaired) electrons. The number of hydrogen-bond acceptors (Lipinski definition) is 4. The highest BCUT2D eigenvalue weighted by Crippen LogP contribution is 2.12. The Balaban J connectivity index is 0.00000182. The van der Waals surface area contributed by atoms with Gasteiger partial charge in [0.25, 0.3) is 5.91 Å². The molecule has 2 aromatic rings. The van der Waals surface area contributed by atoms with Crippen LogP contribution < -0.4 is 11.1 Å². The van der Waals surface area contributed by atoms with Crippen LogP contribution in [-0.2, 0) is 11.2 Å². The first-order valence-electron chi connectivity index (χ1n) is 8.42. The number of benzene rings is 1. The number of nitrogens with two attached hydrogens (primary N) is 1. The van der Waals surface area contributed by atoms with Crippen molar-refractivity contribution in [2.24, 2.45) is 5.73 Å². The monoisotopic (exact) mass is 410 g/mol. The number of amides is 2. The summed E-state index contributed by atoms with van der Waals surface area (Å²) < 4.78 is 0. The van der Waals surface area contributed by atoms with Gasteiger partial charge in [0.15, 0.2) is 0 Å². The molecule has 8 heteroatoms. The van der Waals surface area contributed by atoms with E-state index in [-0.39, 0.29) is 42.7 Å². The lowest BCUT2D eigenvalue weighted by Gasteiger charge is -2.24. The molecule has 2 heterocycles. The van der Waals surface area contributed by atoms with Crippen LogP contribution in [0.5, 0.6) is 0 Å². The predicted molar refractivity (Wildman–Crippen MR) is 109 cm³/mol. The fourth-order valence-electron chi connectivity index (χ4n) is 2.99. The summed E-state index contributed by atoms with van der Waals surface area (Å²) in [5, 5.41) is 2.87. The minimum atomic E-state index is -0.637. The molecule has 2 atom stereocenters. The molecule has 1 aliphatic rings. The lowest BCUT2D eigenvalue weighted by Crippen LogP contribution is -2.49. The Morgan fingerprint density at radius 3 is 2.52 bits per heavy atom. The molecule has 0 spiro atoms. The summed E-state index contributed by atoms with van der Waals surface area (Å²) in [6, 6.07) is 12.0. The van der Waals surface area contributed by atoms with Crippen LogP contribution in [0.25, 0.3) is 0 Å². The normalized spacial score (nSPS) is 16.6. The van der Waals surface area contributed by atoms with Gasteiger partial charge in [0.2, 0.25) is 5.91 Å². The Kier molecular flexibility index (Phi) is 9.21. The molecule has 1 saturated heterocycles. The van der Waals surface area contributed by atoms with Crippen LogP contribution in [0.15, 0.2) is 54.9 Å². The molecule has 3 N–H and O–H groups in total. The average molecular weight is 411 g/mol. The second kappa shape index (κ2) is 10.9. The molecule has 0 bridgehead atoms. The average Bonchev–Trinajstić information content (AvgIpc) is 3.08. The van der Waals surface area contributed by atoms with Crippen LogP contribution in [0.1, 0.15) is 22.3 Å². The van der Waals surface area contributed by atoms with Crippen molar-refractivity contribution in [3.8, 4) is 0 Å². The van der Waals surface area contributed by atoms with Crippen molar-refractivity contribution in [3.63, 3.8) is 0 Å². The molecule has 1 aromatic carbocycles. The lowest BCUT2D eigenvalue weighted by molar-refractivity contribution is -0.132. The maximum atomic E-state index is 12.9. The van der Waals surface area contributed by atoms with Gasteiger partial charge in [0, 0.05) is 43.5 Å². The summed E-state index contributed by atoms with van der Waals surface area (Å²) in [7, 11) is 0. The number of likely N-dealkylation sites (tertiary alicyclic amines) is 1. The van der Waals surface area contributed by atoms with Crippen molar-refractivity contribution in [1.29, 1.82) is 0 Å². The van der Waals surface area contributed by atoms with Gasteiger partial charge in [-0.05, 0) is 30.2 Å². The quantitative estimate of drug-likeness (QED) is 0.786.